The molecule has 1 saturated heterocycles. The first-order valence-electron chi connectivity index (χ1n) is 6.67. The fourth-order valence-electron chi connectivity index (χ4n) is 2.60. The Balaban J connectivity index is 1.57. The maximum Gasteiger partial charge on any atom is 0.163 e. The van der Waals surface area contributed by atoms with Crippen molar-refractivity contribution in [2.75, 3.05) is 18.5 Å². The van der Waals surface area contributed by atoms with Gasteiger partial charge in [0, 0.05) is 12.2 Å². The largest absolute Gasteiger partial charge is 0.367 e. The molecule has 2 aliphatic rings. The van der Waals surface area contributed by atoms with E-state index in [1.165, 1.54) is 24.1 Å². The van der Waals surface area contributed by atoms with E-state index < -0.39 is 5.79 Å². The highest BCUT2D eigenvalue weighted by Crippen LogP contribution is 2.24. The summed E-state index contributed by atoms with van der Waals surface area (Å²) in [6, 6.07) is 4.25. The summed E-state index contributed by atoms with van der Waals surface area (Å²) >= 11 is 0. The Kier molecular flexibility index (Phi) is 2.99. The zero-order valence-electron chi connectivity index (χ0n) is 11.0. The van der Waals surface area contributed by atoms with Gasteiger partial charge in [0.1, 0.15) is 11.9 Å². The van der Waals surface area contributed by atoms with Crippen molar-refractivity contribution in [2.24, 2.45) is 0 Å². The van der Waals surface area contributed by atoms with Crippen LogP contribution in [0.25, 0.3) is 0 Å². The van der Waals surface area contributed by atoms with Gasteiger partial charge in [0.05, 0.1) is 6.61 Å². The van der Waals surface area contributed by atoms with E-state index in [0.717, 1.165) is 18.8 Å². The maximum absolute atomic E-state index is 5.75. The number of anilines is 1. The Hall–Kier alpha value is -1.13. The number of rotatable bonds is 3. The van der Waals surface area contributed by atoms with E-state index >= 15 is 0 Å². The summed E-state index contributed by atoms with van der Waals surface area (Å²) in [4.78, 5) is 4.64. The van der Waals surface area contributed by atoms with Crippen molar-refractivity contribution >= 4 is 5.82 Å². The molecule has 0 aromatic carbocycles. The highest BCUT2D eigenvalue weighted by molar-refractivity contribution is 5.40. The van der Waals surface area contributed by atoms with E-state index in [2.05, 4.69) is 22.4 Å². The van der Waals surface area contributed by atoms with Gasteiger partial charge < -0.3 is 14.8 Å². The van der Waals surface area contributed by atoms with Crippen LogP contribution in [0.5, 0.6) is 0 Å². The van der Waals surface area contributed by atoms with Crippen molar-refractivity contribution in [2.45, 2.75) is 45.0 Å². The smallest absolute Gasteiger partial charge is 0.163 e. The van der Waals surface area contributed by atoms with Gasteiger partial charge >= 0.3 is 0 Å². The molecule has 2 heterocycles. The monoisotopic (exact) mass is 248 g/mol. The third-order valence-corrected chi connectivity index (χ3v) is 3.51. The first-order valence-corrected chi connectivity index (χ1v) is 6.67. The van der Waals surface area contributed by atoms with Crippen LogP contribution in [-0.4, -0.2) is 30.0 Å². The van der Waals surface area contributed by atoms with E-state index in [-0.39, 0.29) is 6.10 Å². The van der Waals surface area contributed by atoms with Gasteiger partial charge in [-0.2, -0.15) is 0 Å². The van der Waals surface area contributed by atoms with Crippen LogP contribution >= 0.6 is 0 Å². The van der Waals surface area contributed by atoms with Gasteiger partial charge in [0.2, 0.25) is 0 Å². The molecule has 0 amide bonds. The zero-order valence-corrected chi connectivity index (χ0v) is 11.0. The minimum Gasteiger partial charge on any atom is -0.367 e. The standard InChI is InChI=1S/C14H20N2O2/c1-14(2)17-9-11(18-14)8-15-13-7-6-10-4-3-5-12(10)16-13/h6-7,11H,3-5,8-9H2,1-2H3,(H,15,16). The molecule has 98 valence electrons. The van der Waals surface area contributed by atoms with Gasteiger partial charge in [0.15, 0.2) is 5.79 Å². The first kappa shape index (κ1) is 11.9. The topological polar surface area (TPSA) is 43.4 Å². The van der Waals surface area contributed by atoms with Crippen LogP contribution in [0.15, 0.2) is 12.1 Å². The summed E-state index contributed by atoms with van der Waals surface area (Å²) in [6.45, 7) is 5.28. The second-order valence-electron chi connectivity index (χ2n) is 5.49. The summed E-state index contributed by atoms with van der Waals surface area (Å²) in [5.74, 6) is 0.501. The highest BCUT2D eigenvalue weighted by Gasteiger charge is 2.32. The Bertz CT molecular complexity index is 445. The molecule has 3 rings (SSSR count). The lowest BCUT2D eigenvalue weighted by Gasteiger charge is -2.17. The van der Waals surface area contributed by atoms with Crippen molar-refractivity contribution in [3.8, 4) is 0 Å². The Morgan fingerprint density at radius 2 is 2.28 bits per heavy atom. The van der Waals surface area contributed by atoms with Crippen LogP contribution in [0.1, 0.15) is 31.5 Å². The number of hydrogen-bond acceptors (Lipinski definition) is 4. The van der Waals surface area contributed by atoms with Crippen LogP contribution < -0.4 is 5.32 Å². The number of aryl methyl sites for hydroxylation is 2. The number of fused-ring (bicyclic) bond motifs is 1. The van der Waals surface area contributed by atoms with Crippen molar-refractivity contribution < 1.29 is 9.47 Å². The Morgan fingerprint density at radius 1 is 1.39 bits per heavy atom. The van der Waals surface area contributed by atoms with Crippen LogP contribution in [0.4, 0.5) is 5.82 Å². The van der Waals surface area contributed by atoms with E-state index in [9.17, 15) is 0 Å². The van der Waals surface area contributed by atoms with Crippen LogP contribution in [-0.2, 0) is 22.3 Å². The third kappa shape index (κ3) is 2.49. The number of hydrogen-bond donors (Lipinski definition) is 1. The molecule has 1 aromatic heterocycles. The first-order chi connectivity index (χ1) is 8.62. The van der Waals surface area contributed by atoms with Crippen LogP contribution in [0.3, 0.4) is 0 Å². The van der Waals surface area contributed by atoms with E-state index in [1.807, 2.05) is 13.8 Å². The summed E-state index contributed by atoms with van der Waals surface area (Å²) in [5.41, 5.74) is 2.66. The molecule has 0 bridgehead atoms. The molecular weight excluding hydrogens is 228 g/mol. The van der Waals surface area contributed by atoms with Gasteiger partial charge in [-0.05, 0) is 44.7 Å². The highest BCUT2D eigenvalue weighted by atomic mass is 16.7. The SMILES string of the molecule is CC1(C)OCC(CNc2ccc3c(n2)CCC3)O1. The molecule has 1 aromatic rings. The van der Waals surface area contributed by atoms with Gasteiger partial charge in [-0.25, -0.2) is 4.98 Å². The molecule has 0 saturated carbocycles. The molecule has 1 unspecified atom stereocenters. The van der Waals surface area contributed by atoms with Gasteiger partial charge in [-0.3, -0.25) is 0 Å². The number of ether oxygens (including phenoxy) is 2. The zero-order chi connectivity index (χ0) is 12.6. The maximum atomic E-state index is 5.75. The normalized spacial score (nSPS) is 25.1. The van der Waals surface area contributed by atoms with Crippen molar-refractivity contribution in [1.29, 1.82) is 0 Å². The third-order valence-electron chi connectivity index (χ3n) is 3.51. The second-order valence-corrected chi connectivity index (χ2v) is 5.49. The molecule has 0 spiro atoms. The summed E-state index contributed by atoms with van der Waals surface area (Å²) in [5, 5.41) is 3.34. The molecule has 1 aliphatic carbocycles. The van der Waals surface area contributed by atoms with Crippen LogP contribution in [0.2, 0.25) is 0 Å². The number of nitrogens with one attached hydrogen (secondary N) is 1. The summed E-state index contributed by atoms with van der Waals surface area (Å²) in [6.07, 6.45) is 3.63. The average Bonchev–Trinajstić information content (AvgIpc) is 2.92. The van der Waals surface area contributed by atoms with Crippen LogP contribution in [0, 0.1) is 0 Å². The van der Waals surface area contributed by atoms with E-state index in [1.54, 1.807) is 0 Å². The predicted molar refractivity (Wildman–Crippen MR) is 69.7 cm³/mol. The molecule has 1 aliphatic heterocycles. The number of nitrogens with zero attached hydrogens (tertiary/aromatic N) is 1. The molecule has 1 fully saturated rings. The lowest BCUT2D eigenvalue weighted by Crippen LogP contribution is -2.26. The lowest BCUT2D eigenvalue weighted by molar-refractivity contribution is -0.136. The van der Waals surface area contributed by atoms with Gasteiger partial charge in [-0.15, -0.1) is 0 Å². The molecule has 0 radical (unpaired) electrons. The number of pyridine rings is 1. The van der Waals surface area contributed by atoms with E-state index in [0.29, 0.717) is 6.61 Å². The average molecular weight is 248 g/mol. The quantitative estimate of drug-likeness (QED) is 0.890. The Morgan fingerprint density at radius 3 is 3.06 bits per heavy atom. The predicted octanol–water partition coefficient (Wildman–Crippen LogP) is 2.13. The summed E-state index contributed by atoms with van der Waals surface area (Å²) < 4.78 is 11.3. The molecule has 1 atom stereocenters. The summed E-state index contributed by atoms with van der Waals surface area (Å²) in [7, 11) is 0. The lowest BCUT2D eigenvalue weighted by atomic mass is 10.2. The van der Waals surface area contributed by atoms with Gasteiger partial charge in [-0.1, -0.05) is 6.07 Å². The van der Waals surface area contributed by atoms with Crippen molar-refractivity contribution in [3.05, 3.63) is 23.4 Å². The second kappa shape index (κ2) is 4.52. The molecule has 4 nitrogen and oxygen atoms in total. The molecule has 1 N–H and O–H groups in total. The fraction of sp³-hybridized carbons (Fsp3) is 0.643. The van der Waals surface area contributed by atoms with Gasteiger partial charge in [0.25, 0.3) is 0 Å². The minimum atomic E-state index is -0.447. The Labute approximate surface area is 108 Å². The number of aromatic nitrogens is 1. The minimum absolute atomic E-state index is 0.107. The van der Waals surface area contributed by atoms with Crippen molar-refractivity contribution in [3.63, 3.8) is 0 Å². The van der Waals surface area contributed by atoms with E-state index in [4.69, 9.17) is 9.47 Å². The molecular formula is C14H20N2O2. The molecule has 18 heavy (non-hydrogen) atoms. The van der Waals surface area contributed by atoms with Crippen molar-refractivity contribution in [1.82, 2.24) is 4.98 Å². The fourth-order valence-corrected chi connectivity index (χ4v) is 2.60. The molecule has 4 heteroatoms.